The van der Waals surface area contributed by atoms with Crippen LogP contribution in [0.2, 0.25) is 0 Å². The van der Waals surface area contributed by atoms with Crippen molar-refractivity contribution in [2.24, 2.45) is 22.7 Å². The van der Waals surface area contributed by atoms with Gasteiger partial charge in [0.1, 0.15) is 0 Å². The second-order valence-corrected chi connectivity index (χ2v) is 13.0. The largest absolute Gasteiger partial charge is 0.392 e. The first-order valence-electron chi connectivity index (χ1n) is 13.6. The Bertz CT molecular complexity index is 1210. The van der Waals surface area contributed by atoms with Gasteiger partial charge in [-0.1, -0.05) is 73.6 Å². The third kappa shape index (κ3) is 6.19. The topological polar surface area (TPSA) is 53.4 Å². The van der Waals surface area contributed by atoms with Crippen LogP contribution in [0.3, 0.4) is 0 Å². The van der Waals surface area contributed by atoms with E-state index in [0.29, 0.717) is 11.8 Å². The minimum atomic E-state index is -0.340. The molecule has 3 aromatic rings. The predicted octanol–water partition coefficient (Wildman–Crippen LogP) is 7.63. The molecule has 4 unspecified atom stereocenters. The van der Waals surface area contributed by atoms with Gasteiger partial charge in [-0.25, -0.2) is 0 Å². The third-order valence-electron chi connectivity index (χ3n) is 8.68. The molecule has 2 saturated carbocycles. The third-order valence-corrected chi connectivity index (χ3v) is 8.68. The van der Waals surface area contributed by atoms with E-state index in [-0.39, 0.29) is 49.1 Å². The smallest absolute Gasteiger partial charge is 0.0646 e. The summed E-state index contributed by atoms with van der Waals surface area (Å²) in [6, 6.07) is 16.5. The van der Waals surface area contributed by atoms with Gasteiger partial charge in [0.15, 0.2) is 0 Å². The molecule has 203 valence electrons. The summed E-state index contributed by atoms with van der Waals surface area (Å²) in [5, 5.41) is 23.1. The molecule has 0 spiro atoms. The fourth-order valence-corrected chi connectivity index (χ4v) is 6.45. The van der Waals surface area contributed by atoms with Gasteiger partial charge in [-0.15, -0.1) is 34.9 Å². The molecule has 4 atom stereocenters. The summed E-state index contributed by atoms with van der Waals surface area (Å²) >= 11 is 0. The normalized spacial score (nSPS) is 25.7. The van der Waals surface area contributed by atoms with Crippen LogP contribution >= 0.6 is 0 Å². The van der Waals surface area contributed by atoms with E-state index in [1.807, 2.05) is 6.20 Å². The van der Waals surface area contributed by atoms with Gasteiger partial charge in [0.25, 0.3) is 0 Å². The first kappa shape index (κ1) is 30.0. The molecule has 2 N–H and O–H groups in total. The molecule has 2 aliphatic carbocycles. The molecule has 4 heteroatoms. The Balaban J connectivity index is 0.000000211. The van der Waals surface area contributed by atoms with Crippen LogP contribution in [0.15, 0.2) is 42.6 Å². The second-order valence-electron chi connectivity index (χ2n) is 13.0. The van der Waals surface area contributed by atoms with Gasteiger partial charge >= 0.3 is 0 Å². The number of fused-ring (bicyclic) bond motifs is 2. The fraction of sp³-hybridized carbons (Fsp3) is 0.545. The number of nitrogens with zero attached hydrogens (tertiary/aromatic N) is 1. The number of aliphatic hydroxyl groups excluding tert-OH is 2. The first-order chi connectivity index (χ1) is 16.8. The molecule has 37 heavy (non-hydrogen) atoms. The number of aliphatic hydroxyl groups is 2. The zero-order chi connectivity index (χ0) is 26.4. The summed E-state index contributed by atoms with van der Waals surface area (Å²) < 4.78 is 0. The number of aromatic nitrogens is 1. The zero-order valence-electron chi connectivity index (χ0n) is 23.7. The van der Waals surface area contributed by atoms with Crippen LogP contribution in [-0.4, -0.2) is 27.4 Å². The number of aryl methyl sites for hydroxylation is 2. The maximum Gasteiger partial charge on any atom is 0.0646 e. The molecule has 2 aliphatic rings. The van der Waals surface area contributed by atoms with Gasteiger partial charge in [-0.3, -0.25) is 0 Å². The number of hydrogen-bond donors (Lipinski definition) is 2. The van der Waals surface area contributed by atoms with Crippen molar-refractivity contribution in [3.63, 3.8) is 0 Å². The molecule has 0 amide bonds. The fourth-order valence-electron chi connectivity index (χ4n) is 6.45. The molecular weight excluding hydrogens is 635 g/mol. The summed E-state index contributed by atoms with van der Waals surface area (Å²) in [7, 11) is 0. The predicted molar refractivity (Wildman–Crippen MR) is 150 cm³/mol. The standard InChI is InChI=1S/C20H20N.C13H24O2.Ir/c1-13(2)17-6-5-16-7-8-21-20(19(16)12-17)18-10-14(3)9-15(4)11-18;1-12(2)6-5-8-7-13(3,4)11(15)9(8)10(12)14;/h5-10,12-13H,1-4H3;8-11,14-15H,5-7H2,1-4H3;/q-1;;. The van der Waals surface area contributed by atoms with E-state index in [1.54, 1.807) is 0 Å². The first-order valence-corrected chi connectivity index (χ1v) is 13.6. The maximum atomic E-state index is 10.3. The average Bonchev–Trinajstić information content (AvgIpc) is 3.04. The van der Waals surface area contributed by atoms with Gasteiger partial charge in [0, 0.05) is 32.2 Å². The van der Waals surface area contributed by atoms with Crippen LogP contribution in [-0.2, 0) is 20.1 Å². The molecule has 0 bridgehead atoms. The van der Waals surface area contributed by atoms with Gasteiger partial charge in [0.05, 0.1) is 12.2 Å². The van der Waals surface area contributed by atoms with Gasteiger partial charge in [-0.2, -0.15) is 0 Å². The maximum absolute atomic E-state index is 10.3. The van der Waals surface area contributed by atoms with Gasteiger partial charge in [0.2, 0.25) is 0 Å². The molecule has 3 nitrogen and oxygen atoms in total. The monoisotopic (exact) mass is 679 g/mol. The minimum Gasteiger partial charge on any atom is -0.392 e. The van der Waals surface area contributed by atoms with E-state index < -0.39 is 0 Å². The number of pyridine rings is 1. The summed E-state index contributed by atoms with van der Waals surface area (Å²) in [5.74, 6) is 1.15. The van der Waals surface area contributed by atoms with Crippen LogP contribution in [0, 0.1) is 42.6 Å². The van der Waals surface area contributed by atoms with Gasteiger partial charge in [-0.05, 0) is 70.0 Å². The van der Waals surface area contributed by atoms with Crippen LogP contribution in [0.1, 0.15) is 83.4 Å². The van der Waals surface area contributed by atoms with E-state index >= 15 is 0 Å². The Morgan fingerprint density at radius 3 is 2.27 bits per heavy atom. The van der Waals surface area contributed by atoms with Crippen molar-refractivity contribution >= 4 is 10.8 Å². The van der Waals surface area contributed by atoms with E-state index in [9.17, 15) is 10.2 Å². The summed E-state index contributed by atoms with van der Waals surface area (Å²) in [4.78, 5) is 4.63. The Kier molecular flexibility index (Phi) is 9.12. The van der Waals surface area contributed by atoms with Crippen molar-refractivity contribution in [3.05, 3.63) is 65.4 Å². The second kappa shape index (κ2) is 11.3. The van der Waals surface area contributed by atoms with E-state index in [1.165, 1.54) is 21.9 Å². The van der Waals surface area contributed by atoms with Crippen molar-refractivity contribution in [1.29, 1.82) is 0 Å². The molecule has 1 radical (unpaired) electrons. The Hall–Kier alpha value is -1.58. The summed E-state index contributed by atoms with van der Waals surface area (Å²) in [6.07, 6.45) is 4.52. The van der Waals surface area contributed by atoms with Crippen LogP contribution in [0.5, 0.6) is 0 Å². The molecular formula is C33H44IrNO2-. The molecule has 1 aromatic heterocycles. The van der Waals surface area contributed by atoms with E-state index in [0.717, 1.165) is 36.1 Å². The number of benzene rings is 2. The van der Waals surface area contributed by atoms with Crippen LogP contribution in [0.4, 0.5) is 0 Å². The Morgan fingerprint density at radius 2 is 1.62 bits per heavy atom. The van der Waals surface area contributed by atoms with Crippen LogP contribution in [0.25, 0.3) is 22.0 Å². The molecule has 0 saturated heterocycles. The van der Waals surface area contributed by atoms with Gasteiger partial charge < -0.3 is 15.2 Å². The Labute approximate surface area is 237 Å². The van der Waals surface area contributed by atoms with Crippen molar-refractivity contribution < 1.29 is 30.3 Å². The molecule has 0 aliphatic heterocycles. The molecule has 5 rings (SSSR count). The van der Waals surface area contributed by atoms with Crippen molar-refractivity contribution in [2.45, 2.75) is 92.8 Å². The molecule has 2 fully saturated rings. The SMILES string of the molecule is CC1(C)CCC2CC(C)(C)C(O)C2C1O.Cc1[c-]c(-c2nccc3ccc(C(C)C)cc23)cc(C)c1.[Ir]. The van der Waals surface area contributed by atoms with E-state index in [2.05, 4.69) is 103 Å². The van der Waals surface area contributed by atoms with Crippen molar-refractivity contribution in [3.8, 4) is 11.3 Å². The quantitative estimate of drug-likeness (QED) is 0.274. The molecule has 1 heterocycles. The van der Waals surface area contributed by atoms with E-state index in [4.69, 9.17) is 0 Å². The average molecular weight is 679 g/mol. The number of rotatable bonds is 2. The molecule has 2 aromatic carbocycles. The minimum absolute atomic E-state index is 0. The zero-order valence-corrected chi connectivity index (χ0v) is 26.1. The Morgan fingerprint density at radius 1 is 0.946 bits per heavy atom. The number of hydrogen-bond acceptors (Lipinski definition) is 3. The summed E-state index contributed by atoms with van der Waals surface area (Å²) in [6.45, 7) is 17.1. The van der Waals surface area contributed by atoms with Crippen molar-refractivity contribution in [1.82, 2.24) is 4.98 Å². The van der Waals surface area contributed by atoms with Crippen molar-refractivity contribution in [2.75, 3.05) is 0 Å². The summed E-state index contributed by atoms with van der Waals surface area (Å²) in [5.41, 5.74) is 5.82. The van der Waals surface area contributed by atoms with Crippen LogP contribution < -0.4 is 0 Å².